The van der Waals surface area contributed by atoms with Gasteiger partial charge < -0.3 is 10.6 Å². The molecule has 1 aliphatic carbocycles. The standard InChI is InChI=1S/C16H20N2O/c1-12-8-9-13(5-4-10-17)15(11-12)16(19)18(2)14-6-3-7-14/h8-9,11,14H,3,6-7,10,17H2,1-2H3. The van der Waals surface area contributed by atoms with Crippen molar-refractivity contribution in [1.29, 1.82) is 0 Å². The second-order valence-electron chi connectivity index (χ2n) is 5.06. The Morgan fingerprint density at radius 3 is 2.79 bits per heavy atom. The van der Waals surface area contributed by atoms with Crippen LogP contribution >= 0.6 is 0 Å². The summed E-state index contributed by atoms with van der Waals surface area (Å²) >= 11 is 0. The van der Waals surface area contributed by atoms with Crippen LogP contribution in [0.2, 0.25) is 0 Å². The van der Waals surface area contributed by atoms with Crippen molar-refractivity contribution in [1.82, 2.24) is 4.90 Å². The Hall–Kier alpha value is -1.79. The zero-order valence-corrected chi connectivity index (χ0v) is 11.6. The van der Waals surface area contributed by atoms with Gasteiger partial charge in [0.15, 0.2) is 0 Å². The molecule has 0 spiro atoms. The van der Waals surface area contributed by atoms with E-state index in [2.05, 4.69) is 11.8 Å². The first-order chi connectivity index (χ1) is 9.13. The van der Waals surface area contributed by atoms with Gasteiger partial charge in [0.25, 0.3) is 5.91 Å². The van der Waals surface area contributed by atoms with E-state index in [9.17, 15) is 4.79 Å². The molecular formula is C16H20N2O. The minimum atomic E-state index is 0.0646. The van der Waals surface area contributed by atoms with Crippen LogP contribution < -0.4 is 5.73 Å². The van der Waals surface area contributed by atoms with E-state index in [4.69, 9.17) is 5.73 Å². The first kappa shape index (κ1) is 13.6. The summed E-state index contributed by atoms with van der Waals surface area (Å²) in [6, 6.07) is 6.18. The van der Waals surface area contributed by atoms with Crippen LogP contribution in [0.25, 0.3) is 0 Å². The Morgan fingerprint density at radius 1 is 1.47 bits per heavy atom. The second kappa shape index (κ2) is 5.90. The van der Waals surface area contributed by atoms with Crippen molar-refractivity contribution in [2.45, 2.75) is 32.2 Å². The van der Waals surface area contributed by atoms with Crippen LogP contribution in [0.15, 0.2) is 18.2 Å². The highest BCUT2D eigenvalue weighted by atomic mass is 16.2. The Morgan fingerprint density at radius 2 is 2.21 bits per heavy atom. The van der Waals surface area contributed by atoms with Gasteiger partial charge in [-0.2, -0.15) is 0 Å². The maximum absolute atomic E-state index is 12.5. The molecule has 1 fully saturated rings. The number of nitrogens with zero attached hydrogens (tertiary/aromatic N) is 1. The van der Waals surface area contributed by atoms with Crippen molar-refractivity contribution in [3.63, 3.8) is 0 Å². The molecule has 0 saturated heterocycles. The summed E-state index contributed by atoms with van der Waals surface area (Å²) in [5.74, 6) is 5.88. The molecule has 1 saturated carbocycles. The van der Waals surface area contributed by atoms with Crippen molar-refractivity contribution < 1.29 is 4.79 Å². The summed E-state index contributed by atoms with van der Waals surface area (Å²) in [5, 5.41) is 0. The van der Waals surface area contributed by atoms with Gasteiger partial charge in [-0.1, -0.05) is 23.5 Å². The fourth-order valence-corrected chi connectivity index (χ4v) is 2.22. The normalized spacial score (nSPS) is 14.3. The van der Waals surface area contributed by atoms with Crippen LogP contribution in [-0.4, -0.2) is 30.4 Å². The van der Waals surface area contributed by atoms with Gasteiger partial charge in [-0.25, -0.2) is 0 Å². The predicted molar refractivity (Wildman–Crippen MR) is 76.8 cm³/mol. The van der Waals surface area contributed by atoms with Gasteiger partial charge in [0.1, 0.15) is 0 Å². The van der Waals surface area contributed by atoms with Crippen LogP contribution in [0.5, 0.6) is 0 Å². The molecule has 19 heavy (non-hydrogen) atoms. The fourth-order valence-electron chi connectivity index (χ4n) is 2.22. The van der Waals surface area contributed by atoms with Gasteiger partial charge in [-0.3, -0.25) is 4.79 Å². The molecule has 3 nitrogen and oxygen atoms in total. The van der Waals surface area contributed by atoms with Gasteiger partial charge in [-0.05, 0) is 38.3 Å². The molecular weight excluding hydrogens is 236 g/mol. The molecule has 1 aromatic carbocycles. The van der Waals surface area contributed by atoms with Crippen molar-refractivity contribution in [2.24, 2.45) is 5.73 Å². The molecule has 2 N–H and O–H groups in total. The minimum Gasteiger partial charge on any atom is -0.339 e. The number of carbonyl (C=O) groups is 1. The van der Waals surface area contributed by atoms with E-state index in [0.717, 1.165) is 24.0 Å². The highest BCUT2D eigenvalue weighted by Crippen LogP contribution is 2.25. The maximum Gasteiger partial charge on any atom is 0.255 e. The summed E-state index contributed by atoms with van der Waals surface area (Å²) < 4.78 is 0. The molecule has 100 valence electrons. The third-order valence-corrected chi connectivity index (χ3v) is 3.67. The van der Waals surface area contributed by atoms with E-state index >= 15 is 0 Å². The monoisotopic (exact) mass is 256 g/mol. The third kappa shape index (κ3) is 2.97. The Balaban J connectivity index is 2.30. The van der Waals surface area contributed by atoms with Gasteiger partial charge in [0.05, 0.1) is 12.1 Å². The van der Waals surface area contributed by atoms with Crippen molar-refractivity contribution >= 4 is 5.91 Å². The first-order valence-electron chi connectivity index (χ1n) is 6.70. The molecule has 0 aliphatic heterocycles. The highest BCUT2D eigenvalue weighted by molar-refractivity contribution is 5.97. The predicted octanol–water partition coefficient (Wildman–Crippen LogP) is 1.93. The molecule has 0 unspecified atom stereocenters. The molecule has 0 radical (unpaired) electrons. The lowest BCUT2D eigenvalue weighted by Gasteiger charge is -2.35. The highest BCUT2D eigenvalue weighted by Gasteiger charge is 2.27. The van der Waals surface area contributed by atoms with E-state index in [1.165, 1.54) is 6.42 Å². The Kier molecular flexibility index (Phi) is 4.24. The van der Waals surface area contributed by atoms with Crippen LogP contribution in [0, 0.1) is 18.8 Å². The number of amides is 1. The summed E-state index contributed by atoms with van der Waals surface area (Å²) in [6.07, 6.45) is 3.44. The second-order valence-corrected chi connectivity index (χ2v) is 5.06. The van der Waals surface area contributed by atoms with Gasteiger partial charge in [0, 0.05) is 18.7 Å². The number of nitrogens with two attached hydrogens (primary N) is 1. The molecule has 0 bridgehead atoms. The van der Waals surface area contributed by atoms with Gasteiger partial charge >= 0.3 is 0 Å². The lowest BCUT2D eigenvalue weighted by Crippen LogP contribution is -2.41. The molecule has 2 rings (SSSR count). The third-order valence-electron chi connectivity index (χ3n) is 3.67. The number of aryl methyl sites for hydroxylation is 1. The molecule has 0 heterocycles. The number of rotatable bonds is 2. The quantitative estimate of drug-likeness (QED) is 0.822. The Bertz CT molecular complexity index is 535. The maximum atomic E-state index is 12.5. The molecule has 1 amide bonds. The molecule has 0 atom stereocenters. The number of hydrogen-bond donors (Lipinski definition) is 1. The van der Waals surface area contributed by atoms with Crippen LogP contribution in [-0.2, 0) is 0 Å². The van der Waals surface area contributed by atoms with Gasteiger partial charge in [-0.15, -0.1) is 0 Å². The minimum absolute atomic E-state index is 0.0646. The van der Waals surface area contributed by atoms with E-state index in [1.807, 2.05) is 37.1 Å². The summed E-state index contributed by atoms with van der Waals surface area (Å²) in [6.45, 7) is 2.29. The first-order valence-corrected chi connectivity index (χ1v) is 6.70. The average molecular weight is 256 g/mol. The van der Waals surface area contributed by atoms with E-state index in [-0.39, 0.29) is 5.91 Å². The summed E-state index contributed by atoms with van der Waals surface area (Å²) in [5.41, 5.74) is 7.94. The van der Waals surface area contributed by atoms with Crippen LogP contribution in [0.1, 0.15) is 40.7 Å². The smallest absolute Gasteiger partial charge is 0.255 e. The average Bonchev–Trinajstić information content (AvgIpc) is 2.34. The molecule has 3 heteroatoms. The van der Waals surface area contributed by atoms with Crippen molar-refractivity contribution in [3.8, 4) is 11.8 Å². The lowest BCUT2D eigenvalue weighted by molar-refractivity contribution is 0.0651. The SMILES string of the molecule is Cc1ccc(C#CCN)c(C(=O)N(C)C2CCC2)c1. The van der Waals surface area contributed by atoms with E-state index in [1.54, 1.807) is 0 Å². The number of carbonyl (C=O) groups excluding carboxylic acids is 1. The zero-order chi connectivity index (χ0) is 13.8. The fraction of sp³-hybridized carbons (Fsp3) is 0.438. The largest absolute Gasteiger partial charge is 0.339 e. The Labute approximate surface area is 114 Å². The van der Waals surface area contributed by atoms with Gasteiger partial charge in [0.2, 0.25) is 0 Å². The van der Waals surface area contributed by atoms with Crippen molar-refractivity contribution in [3.05, 3.63) is 34.9 Å². The van der Waals surface area contributed by atoms with Crippen LogP contribution in [0.3, 0.4) is 0 Å². The number of benzene rings is 1. The molecule has 1 aliphatic rings. The van der Waals surface area contributed by atoms with E-state index < -0.39 is 0 Å². The van der Waals surface area contributed by atoms with Crippen LogP contribution in [0.4, 0.5) is 0 Å². The zero-order valence-electron chi connectivity index (χ0n) is 11.6. The van der Waals surface area contributed by atoms with Crippen molar-refractivity contribution in [2.75, 3.05) is 13.6 Å². The summed E-state index contributed by atoms with van der Waals surface area (Å²) in [4.78, 5) is 14.4. The molecule has 0 aromatic heterocycles. The van der Waals surface area contributed by atoms with E-state index in [0.29, 0.717) is 18.2 Å². The topological polar surface area (TPSA) is 46.3 Å². The lowest BCUT2D eigenvalue weighted by atomic mass is 9.91. The number of hydrogen-bond acceptors (Lipinski definition) is 2. The summed E-state index contributed by atoms with van der Waals surface area (Å²) in [7, 11) is 1.88. The molecule has 1 aromatic rings.